The maximum Gasteiger partial charge on any atom is 0.172 e. The first-order valence-corrected chi connectivity index (χ1v) is 26.2. The first-order chi connectivity index (χ1) is 35.1. The van der Waals surface area contributed by atoms with Crippen LogP contribution in [0.25, 0.3) is 72.0 Å². The summed E-state index contributed by atoms with van der Waals surface area (Å²) in [6.45, 7) is 0. The maximum atomic E-state index is 17.1. The van der Waals surface area contributed by atoms with Gasteiger partial charge in [-0.3, -0.25) is 0 Å². The molecule has 4 heteroatoms. The second-order valence-corrected chi connectivity index (χ2v) is 21.7. The zero-order chi connectivity index (χ0) is 46.8. The third-order valence-corrected chi connectivity index (χ3v) is 18.8. The predicted octanol–water partition coefficient (Wildman–Crippen LogP) is 15.9. The minimum Gasteiger partial charge on any atom is -0.310 e. The van der Waals surface area contributed by atoms with Crippen LogP contribution in [0.15, 0.2) is 261 Å². The van der Waals surface area contributed by atoms with Crippen LogP contribution in [0, 0.1) is 0 Å². The van der Waals surface area contributed by atoms with Crippen LogP contribution in [0.1, 0.15) is 22.3 Å². The zero-order valence-electron chi connectivity index (χ0n) is 38.6. The summed E-state index contributed by atoms with van der Waals surface area (Å²) >= 11 is 0. The summed E-state index contributed by atoms with van der Waals surface area (Å²) in [5, 5.41) is 5.13. The van der Waals surface area contributed by atoms with E-state index in [9.17, 15) is 0 Å². The van der Waals surface area contributed by atoms with E-state index >= 15 is 4.57 Å². The lowest BCUT2D eigenvalue weighted by atomic mass is 9.65. The Balaban J connectivity index is 1.07. The molecule has 1 aliphatic carbocycles. The first kappa shape index (κ1) is 40.2. The minimum absolute atomic E-state index is 0.751. The van der Waals surface area contributed by atoms with E-state index in [1.54, 1.807) is 0 Å². The van der Waals surface area contributed by atoms with E-state index in [4.69, 9.17) is 0 Å². The Kier molecular flexibility index (Phi) is 8.56. The highest BCUT2D eigenvalue weighted by Gasteiger charge is 2.54. The van der Waals surface area contributed by atoms with E-state index in [2.05, 4.69) is 252 Å². The average Bonchev–Trinajstić information content (AvgIpc) is 4.06. The Morgan fingerprint density at radius 2 is 1.00 bits per heavy atom. The summed E-state index contributed by atoms with van der Waals surface area (Å²) in [7, 11) is -3.45. The second-order valence-electron chi connectivity index (χ2n) is 19.0. The largest absolute Gasteiger partial charge is 0.310 e. The molecule has 0 saturated carbocycles. The first-order valence-electron chi connectivity index (χ1n) is 24.5. The Morgan fingerprint density at radius 3 is 1.82 bits per heavy atom. The highest BCUT2D eigenvalue weighted by Crippen LogP contribution is 2.65. The van der Waals surface area contributed by atoms with Crippen LogP contribution in [0.5, 0.6) is 0 Å². The molecular weight excluding hydrogens is 880 g/mol. The quantitative estimate of drug-likeness (QED) is 0.155. The SMILES string of the molecule is O=[P@@]1(c2ccccc2)c2ccccc2-c2ccc3c(c21)-c1cc(N(c2ccc(-c4ccccc4)cc2)c2ccccc2-c2ccccc2)ccc1C31c2ccccc2-n2c3ccccc3c3cccc1c32. The predicted molar refractivity (Wildman–Crippen MR) is 296 cm³/mol. The Bertz CT molecular complexity index is 4200. The van der Waals surface area contributed by atoms with Crippen molar-refractivity contribution in [1.82, 2.24) is 4.57 Å². The third kappa shape index (κ3) is 5.42. The number of para-hydroxylation sites is 4. The van der Waals surface area contributed by atoms with Gasteiger partial charge in [-0.25, -0.2) is 0 Å². The molecule has 332 valence electrons. The molecule has 2 atom stereocenters. The molecular formula is C67H43N2OP. The average molecular weight is 923 g/mol. The molecule has 1 aromatic heterocycles. The highest BCUT2D eigenvalue weighted by molar-refractivity contribution is 7.86. The van der Waals surface area contributed by atoms with Gasteiger partial charge in [-0.15, -0.1) is 0 Å². The number of hydrogen-bond donors (Lipinski definition) is 0. The topological polar surface area (TPSA) is 25.2 Å². The molecule has 0 radical (unpaired) electrons. The smallest absolute Gasteiger partial charge is 0.172 e. The van der Waals surface area contributed by atoms with Gasteiger partial charge in [0.05, 0.1) is 27.8 Å². The van der Waals surface area contributed by atoms with Gasteiger partial charge in [0.25, 0.3) is 0 Å². The Labute approximate surface area is 412 Å². The fourth-order valence-corrected chi connectivity index (χ4v) is 16.0. The van der Waals surface area contributed by atoms with E-state index in [0.29, 0.717) is 0 Å². The standard InChI is InChI=1S/C67H43N2OP/c70-71(49-23-8-3-9-24-49)63-34-17-12-27-52(63)54-40-42-58-64(66(54)71)55-43-48(68(47-37-35-45(36-38-47)44-19-4-1-5-20-44)60-31-14-10-25-50(60)46-21-6-2-7-22-46)39-41-56(55)67(58)57-29-13-16-33-62(57)69-61-32-15-11-26-51(61)53-28-18-30-59(67)65(53)69/h1-43H/t67?,71-/m0/s1. The van der Waals surface area contributed by atoms with Crippen LogP contribution in [0.3, 0.4) is 0 Å². The molecule has 1 spiro atoms. The van der Waals surface area contributed by atoms with Crippen molar-refractivity contribution in [3.05, 3.63) is 283 Å². The van der Waals surface area contributed by atoms with Gasteiger partial charge in [-0.2, -0.15) is 0 Å². The molecule has 3 heterocycles. The lowest BCUT2D eigenvalue weighted by Crippen LogP contribution is -2.34. The maximum absolute atomic E-state index is 17.1. The Hall–Kier alpha value is -8.75. The Morgan fingerprint density at radius 1 is 0.394 bits per heavy atom. The van der Waals surface area contributed by atoms with Crippen LogP contribution in [-0.2, 0) is 9.98 Å². The van der Waals surface area contributed by atoms with E-state index < -0.39 is 12.6 Å². The summed E-state index contributed by atoms with van der Waals surface area (Å²) in [4.78, 5) is 2.42. The second kappa shape index (κ2) is 15.1. The monoisotopic (exact) mass is 922 g/mol. The molecule has 1 unspecified atom stereocenters. The van der Waals surface area contributed by atoms with Gasteiger partial charge in [0.1, 0.15) is 0 Å². The van der Waals surface area contributed by atoms with Crippen LogP contribution in [0.2, 0.25) is 0 Å². The highest BCUT2D eigenvalue weighted by atomic mass is 31.2. The van der Waals surface area contributed by atoms with Crippen LogP contribution < -0.4 is 20.8 Å². The van der Waals surface area contributed by atoms with Crippen molar-refractivity contribution in [3.63, 3.8) is 0 Å². The van der Waals surface area contributed by atoms with Crippen molar-refractivity contribution in [2.75, 3.05) is 4.90 Å². The van der Waals surface area contributed by atoms with Crippen molar-refractivity contribution in [3.8, 4) is 50.2 Å². The fraction of sp³-hybridized carbons (Fsp3) is 0.0149. The summed E-state index contributed by atoms with van der Waals surface area (Å²) < 4.78 is 19.5. The van der Waals surface area contributed by atoms with Gasteiger partial charge >= 0.3 is 0 Å². The minimum atomic E-state index is -3.45. The number of hydrogen-bond acceptors (Lipinski definition) is 2. The zero-order valence-corrected chi connectivity index (χ0v) is 39.5. The normalized spacial score (nSPS) is 16.6. The van der Waals surface area contributed by atoms with Gasteiger partial charge in [0.15, 0.2) is 7.14 Å². The molecule has 0 bridgehead atoms. The summed E-state index contributed by atoms with van der Waals surface area (Å²) in [6, 6.07) is 94.2. The molecule has 15 rings (SSSR count). The van der Waals surface area contributed by atoms with E-state index in [0.717, 1.165) is 83.2 Å². The van der Waals surface area contributed by atoms with Gasteiger partial charge < -0.3 is 14.0 Å². The lowest BCUT2D eigenvalue weighted by molar-refractivity contribution is 0.593. The molecule has 71 heavy (non-hydrogen) atoms. The van der Waals surface area contributed by atoms with Crippen LogP contribution in [0.4, 0.5) is 17.1 Å². The number of fused-ring (bicyclic) bond motifs is 16. The molecule has 0 fully saturated rings. The van der Waals surface area contributed by atoms with Crippen LogP contribution in [-0.4, -0.2) is 4.57 Å². The van der Waals surface area contributed by atoms with Crippen molar-refractivity contribution in [1.29, 1.82) is 0 Å². The van der Waals surface area contributed by atoms with E-state index in [1.165, 1.54) is 44.1 Å². The summed E-state index contributed by atoms with van der Waals surface area (Å²) in [6.07, 6.45) is 0. The van der Waals surface area contributed by atoms with Gasteiger partial charge in [-0.05, 0) is 104 Å². The number of rotatable bonds is 6. The number of benzene rings is 11. The number of anilines is 3. The van der Waals surface area contributed by atoms with Gasteiger partial charge in [0.2, 0.25) is 0 Å². The summed E-state index contributed by atoms with van der Waals surface area (Å²) in [5.41, 5.74) is 19.6. The number of nitrogens with zero attached hydrogens (tertiary/aromatic N) is 2. The molecule has 11 aromatic carbocycles. The molecule has 0 saturated heterocycles. The molecule has 12 aromatic rings. The van der Waals surface area contributed by atoms with Crippen molar-refractivity contribution >= 4 is 61.9 Å². The molecule has 2 aliphatic heterocycles. The third-order valence-electron chi connectivity index (χ3n) is 15.6. The lowest BCUT2D eigenvalue weighted by Gasteiger charge is -2.39. The van der Waals surface area contributed by atoms with E-state index in [1.807, 2.05) is 18.2 Å². The van der Waals surface area contributed by atoms with Crippen molar-refractivity contribution < 1.29 is 4.57 Å². The molecule has 0 amide bonds. The van der Waals surface area contributed by atoms with Gasteiger partial charge in [-0.1, -0.05) is 218 Å². The van der Waals surface area contributed by atoms with Crippen molar-refractivity contribution in [2.24, 2.45) is 0 Å². The molecule has 3 aliphatic rings. The molecule has 3 nitrogen and oxygen atoms in total. The van der Waals surface area contributed by atoms with E-state index in [-0.39, 0.29) is 0 Å². The summed E-state index contributed by atoms with van der Waals surface area (Å²) in [5.74, 6) is 0. The van der Waals surface area contributed by atoms with Crippen LogP contribution >= 0.6 is 7.14 Å². The fourth-order valence-electron chi connectivity index (χ4n) is 12.7. The van der Waals surface area contributed by atoms with Crippen molar-refractivity contribution in [2.45, 2.75) is 5.41 Å². The van der Waals surface area contributed by atoms with Gasteiger partial charge in [0, 0.05) is 43.6 Å². The molecule has 0 N–H and O–H groups in total. The number of aromatic nitrogens is 1.